The summed E-state index contributed by atoms with van der Waals surface area (Å²) in [7, 11) is 1.64. The third-order valence-electron chi connectivity index (χ3n) is 2.34. The van der Waals surface area contributed by atoms with Crippen molar-refractivity contribution >= 4 is 0 Å². The van der Waals surface area contributed by atoms with Crippen molar-refractivity contribution in [3.8, 4) is 11.5 Å². The Balaban J connectivity index is 2.71. The Kier molecular flexibility index (Phi) is 6.43. The van der Waals surface area contributed by atoms with Crippen LogP contribution in [0.5, 0.6) is 11.5 Å². The number of aliphatic hydroxyl groups excluding tert-OH is 1. The Hall–Kier alpha value is -1.26. The first-order chi connectivity index (χ1) is 8.31. The van der Waals surface area contributed by atoms with Gasteiger partial charge in [-0.3, -0.25) is 0 Å². The van der Waals surface area contributed by atoms with Crippen LogP contribution in [0.15, 0.2) is 18.2 Å². The van der Waals surface area contributed by atoms with Gasteiger partial charge in [-0.05, 0) is 12.5 Å². The fourth-order valence-electron chi connectivity index (χ4n) is 1.46. The summed E-state index contributed by atoms with van der Waals surface area (Å²) in [6.07, 6.45) is 0.973. The van der Waals surface area contributed by atoms with E-state index in [9.17, 15) is 0 Å². The van der Waals surface area contributed by atoms with Gasteiger partial charge in [0.25, 0.3) is 0 Å². The van der Waals surface area contributed by atoms with E-state index < -0.39 is 0 Å². The quantitative estimate of drug-likeness (QED) is 0.676. The second kappa shape index (κ2) is 7.92. The third-order valence-corrected chi connectivity index (χ3v) is 2.34. The molecule has 0 aromatic heterocycles. The number of ether oxygens (including phenoxy) is 2. The van der Waals surface area contributed by atoms with Crippen LogP contribution in [-0.2, 0) is 6.54 Å². The van der Waals surface area contributed by atoms with Gasteiger partial charge in [0, 0.05) is 24.7 Å². The van der Waals surface area contributed by atoms with Crippen LogP contribution in [0.4, 0.5) is 0 Å². The number of nitrogens with one attached hydrogen (secondary N) is 1. The highest BCUT2D eigenvalue weighted by atomic mass is 16.5. The maximum absolute atomic E-state index is 8.72. The van der Waals surface area contributed by atoms with Gasteiger partial charge >= 0.3 is 0 Å². The van der Waals surface area contributed by atoms with Gasteiger partial charge in [0.1, 0.15) is 11.5 Å². The average Bonchev–Trinajstić information content (AvgIpc) is 2.37. The molecular weight excluding hydrogens is 218 g/mol. The molecule has 0 aliphatic carbocycles. The molecule has 17 heavy (non-hydrogen) atoms. The minimum Gasteiger partial charge on any atom is -0.497 e. The Morgan fingerprint density at radius 2 is 2.18 bits per heavy atom. The highest BCUT2D eigenvalue weighted by Crippen LogP contribution is 2.24. The van der Waals surface area contributed by atoms with Gasteiger partial charge in [-0.25, -0.2) is 0 Å². The van der Waals surface area contributed by atoms with Crippen molar-refractivity contribution in [1.82, 2.24) is 5.32 Å². The summed E-state index contributed by atoms with van der Waals surface area (Å²) in [5.74, 6) is 1.64. The topological polar surface area (TPSA) is 50.7 Å². The molecular formula is C13H21NO3. The Morgan fingerprint density at radius 3 is 2.82 bits per heavy atom. The second-order valence-corrected chi connectivity index (χ2v) is 3.72. The minimum atomic E-state index is 0.140. The molecule has 96 valence electrons. The summed E-state index contributed by atoms with van der Waals surface area (Å²) in [5, 5.41) is 11.9. The molecule has 1 aromatic carbocycles. The third kappa shape index (κ3) is 4.63. The lowest BCUT2D eigenvalue weighted by Crippen LogP contribution is -2.18. The molecule has 0 atom stereocenters. The summed E-state index contributed by atoms with van der Waals surface area (Å²) in [6, 6.07) is 5.79. The molecule has 0 saturated carbocycles. The molecule has 0 aliphatic rings. The standard InChI is InChI=1S/C13H21NO3/c1-3-8-17-13-9-12(16-2)5-4-11(13)10-14-6-7-15/h4-5,9,14-15H,3,6-8,10H2,1-2H3. The number of hydrogen-bond donors (Lipinski definition) is 2. The summed E-state index contributed by atoms with van der Waals surface area (Å²) in [6.45, 7) is 4.17. The van der Waals surface area contributed by atoms with E-state index in [1.807, 2.05) is 18.2 Å². The average molecular weight is 239 g/mol. The fraction of sp³-hybridized carbons (Fsp3) is 0.538. The Bertz CT molecular complexity index is 328. The van der Waals surface area contributed by atoms with Crippen LogP contribution in [0.1, 0.15) is 18.9 Å². The van der Waals surface area contributed by atoms with E-state index in [0.717, 1.165) is 23.5 Å². The maximum atomic E-state index is 8.72. The number of hydrogen-bond acceptors (Lipinski definition) is 4. The van der Waals surface area contributed by atoms with Gasteiger partial charge in [-0.15, -0.1) is 0 Å². The molecule has 1 rings (SSSR count). The van der Waals surface area contributed by atoms with E-state index in [-0.39, 0.29) is 6.61 Å². The molecule has 0 fully saturated rings. The molecule has 0 amide bonds. The lowest BCUT2D eigenvalue weighted by Gasteiger charge is -2.13. The molecule has 0 heterocycles. The van der Waals surface area contributed by atoms with Crippen molar-refractivity contribution in [3.63, 3.8) is 0 Å². The van der Waals surface area contributed by atoms with Crippen molar-refractivity contribution in [2.24, 2.45) is 0 Å². The van der Waals surface area contributed by atoms with Crippen molar-refractivity contribution < 1.29 is 14.6 Å². The van der Waals surface area contributed by atoms with Crippen LogP contribution < -0.4 is 14.8 Å². The first-order valence-corrected chi connectivity index (χ1v) is 5.93. The van der Waals surface area contributed by atoms with Crippen molar-refractivity contribution in [3.05, 3.63) is 23.8 Å². The van der Waals surface area contributed by atoms with Crippen molar-refractivity contribution in [2.75, 3.05) is 26.9 Å². The zero-order valence-electron chi connectivity index (χ0n) is 10.5. The van der Waals surface area contributed by atoms with Crippen LogP contribution in [0.25, 0.3) is 0 Å². The number of aliphatic hydroxyl groups is 1. The molecule has 0 spiro atoms. The second-order valence-electron chi connectivity index (χ2n) is 3.72. The van der Waals surface area contributed by atoms with Crippen LogP contribution in [0, 0.1) is 0 Å². The Morgan fingerprint density at radius 1 is 1.35 bits per heavy atom. The zero-order valence-corrected chi connectivity index (χ0v) is 10.5. The largest absolute Gasteiger partial charge is 0.497 e. The normalized spacial score (nSPS) is 10.3. The molecule has 4 nitrogen and oxygen atoms in total. The van der Waals surface area contributed by atoms with Crippen LogP contribution in [-0.4, -0.2) is 32.0 Å². The van der Waals surface area contributed by atoms with Gasteiger partial charge in [-0.1, -0.05) is 13.0 Å². The number of rotatable bonds is 8. The van der Waals surface area contributed by atoms with E-state index in [4.69, 9.17) is 14.6 Å². The van der Waals surface area contributed by atoms with Crippen LogP contribution in [0.2, 0.25) is 0 Å². The lowest BCUT2D eigenvalue weighted by molar-refractivity contribution is 0.289. The first-order valence-electron chi connectivity index (χ1n) is 5.93. The monoisotopic (exact) mass is 239 g/mol. The van der Waals surface area contributed by atoms with Gasteiger partial charge in [0.05, 0.1) is 20.3 Å². The molecule has 0 radical (unpaired) electrons. The molecule has 4 heteroatoms. The molecule has 2 N–H and O–H groups in total. The smallest absolute Gasteiger partial charge is 0.127 e. The lowest BCUT2D eigenvalue weighted by atomic mass is 10.2. The van der Waals surface area contributed by atoms with Crippen molar-refractivity contribution in [2.45, 2.75) is 19.9 Å². The van der Waals surface area contributed by atoms with Gasteiger partial charge in [0.15, 0.2) is 0 Å². The Labute approximate surface area is 103 Å². The van der Waals surface area contributed by atoms with E-state index in [1.165, 1.54) is 0 Å². The van der Waals surface area contributed by atoms with E-state index in [2.05, 4.69) is 12.2 Å². The van der Waals surface area contributed by atoms with E-state index in [0.29, 0.717) is 19.7 Å². The fourth-order valence-corrected chi connectivity index (χ4v) is 1.46. The van der Waals surface area contributed by atoms with Gasteiger partial charge < -0.3 is 19.9 Å². The summed E-state index contributed by atoms with van der Waals surface area (Å²) < 4.78 is 10.9. The van der Waals surface area contributed by atoms with Gasteiger partial charge in [-0.2, -0.15) is 0 Å². The summed E-state index contributed by atoms with van der Waals surface area (Å²) in [4.78, 5) is 0. The van der Waals surface area contributed by atoms with Gasteiger partial charge in [0.2, 0.25) is 0 Å². The van der Waals surface area contributed by atoms with E-state index in [1.54, 1.807) is 7.11 Å². The molecule has 0 unspecified atom stereocenters. The minimum absolute atomic E-state index is 0.140. The maximum Gasteiger partial charge on any atom is 0.127 e. The van der Waals surface area contributed by atoms with Crippen LogP contribution >= 0.6 is 0 Å². The predicted octanol–water partition coefficient (Wildman–Crippen LogP) is 1.57. The number of methoxy groups -OCH3 is 1. The summed E-state index contributed by atoms with van der Waals surface area (Å²) in [5.41, 5.74) is 1.08. The van der Waals surface area contributed by atoms with Crippen LogP contribution in [0.3, 0.4) is 0 Å². The number of benzene rings is 1. The first kappa shape index (κ1) is 13.8. The summed E-state index contributed by atoms with van der Waals surface area (Å²) >= 11 is 0. The molecule has 1 aromatic rings. The molecule has 0 bridgehead atoms. The SMILES string of the molecule is CCCOc1cc(OC)ccc1CNCCO. The zero-order chi connectivity index (χ0) is 12.5. The molecule has 0 aliphatic heterocycles. The highest BCUT2D eigenvalue weighted by molar-refractivity contribution is 5.40. The van der Waals surface area contributed by atoms with E-state index >= 15 is 0 Å². The highest BCUT2D eigenvalue weighted by Gasteiger charge is 2.05. The predicted molar refractivity (Wildman–Crippen MR) is 67.6 cm³/mol. The molecule has 0 saturated heterocycles. The van der Waals surface area contributed by atoms with Crippen molar-refractivity contribution in [1.29, 1.82) is 0 Å².